The van der Waals surface area contributed by atoms with E-state index < -0.39 is 116 Å². The van der Waals surface area contributed by atoms with E-state index in [1.807, 2.05) is 0 Å². The molecule has 2 fully saturated rings. The van der Waals surface area contributed by atoms with Gasteiger partial charge >= 0.3 is 0 Å². The molecule has 2 rings (SSSR count). The Balaban J connectivity index is -0.00000316. The molecule has 0 aromatic heterocycles. The van der Waals surface area contributed by atoms with Crippen LogP contribution < -0.4 is 21.0 Å². The minimum Gasteiger partial charge on any atom is -0.726 e. The van der Waals surface area contributed by atoms with Crippen molar-refractivity contribution in [3.05, 3.63) is 0 Å². The van der Waals surface area contributed by atoms with Gasteiger partial charge < -0.3 is 53.5 Å². The van der Waals surface area contributed by atoms with Crippen LogP contribution in [0.1, 0.15) is 0 Å². The van der Waals surface area contributed by atoms with E-state index in [1.54, 1.807) is 0 Å². The van der Waals surface area contributed by atoms with E-state index in [0.29, 0.717) is 0 Å². The molecule has 35 nitrogen and oxygen atoms in total. The predicted octanol–water partition coefficient (Wildman–Crippen LogP) is -11.9. The summed E-state index contributed by atoms with van der Waals surface area (Å²) in [5.41, 5.74) is 0. The Kier molecular flexibility index (Phi) is 30.1. The van der Waals surface area contributed by atoms with Crippen LogP contribution in [0.3, 0.4) is 0 Å². The first kappa shape index (κ1) is 58.3. The van der Waals surface area contributed by atoms with Crippen molar-refractivity contribution in [1.82, 2.24) is 0 Å². The normalized spacial score (nSPS) is 28.1. The Morgan fingerprint density at radius 1 is 0.509 bits per heavy atom. The molecule has 2 saturated heterocycles. The fourth-order valence-corrected chi connectivity index (χ4v) is 5.26. The Morgan fingerprint density at radius 2 is 0.909 bits per heavy atom. The third kappa shape index (κ3) is 22.1. The van der Waals surface area contributed by atoms with Gasteiger partial charge in [0.2, 0.25) is 47.4 Å². The van der Waals surface area contributed by atoms with Gasteiger partial charge in [0, 0.05) is 0 Å². The monoisotopic (exact) mass is 974 g/mol. The standard InChI is InChI=1S/C12H22O31S4.4OS/c13-40-35-6-4(1-29-44(17,18)19)32-11(9(37-42-15)8(6)36-41-14)34-12(3-31-46(23,24)25)10(38-43-16)7(39-47(26,27)28)5(33-12)2-30-45(20,21)22;4*1-2/h4-11,13-16H,1-3H2,(H,17,18,19)(H,20,21,22)(H,23,24,25)(H,26,27,28);;;;/p-8/t4?,5-,6-,7?,8+,9?,10-,11+,12+;;;;/m1..../s1. The predicted molar refractivity (Wildman–Crippen MR) is 135 cm³/mol. The molecule has 43 heteroatoms. The maximum atomic E-state index is 11.4. The summed E-state index contributed by atoms with van der Waals surface area (Å²) >= 11 is 11.3. The lowest BCUT2D eigenvalue weighted by molar-refractivity contribution is -0.834. The largest absolute Gasteiger partial charge is 0.726 e. The number of hydrogen-bond acceptors (Lipinski definition) is 39. The highest BCUT2D eigenvalue weighted by atomic mass is 32.3. The highest BCUT2D eigenvalue weighted by molar-refractivity contribution is 7.81. The van der Waals surface area contributed by atoms with Crippen molar-refractivity contribution in [2.45, 2.75) is 54.8 Å². The smallest absolute Gasteiger partial charge is 0.229 e. The van der Waals surface area contributed by atoms with E-state index in [-0.39, 0.29) is 0 Å². The van der Waals surface area contributed by atoms with Crippen molar-refractivity contribution in [3.63, 3.8) is 0 Å². The van der Waals surface area contributed by atoms with Gasteiger partial charge in [-0.1, -0.05) is 0 Å². The molecule has 0 aromatic rings. The van der Waals surface area contributed by atoms with Crippen molar-refractivity contribution in [2.24, 2.45) is 0 Å². The maximum absolute atomic E-state index is 11.4. The molecule has 2 heterocycles. The second-order valence-electron chi connectivity index (χ2n) is 8.13. The Morgan fingerprint density at radius 3 is 1.31 bits per heavy atom. The van der Waals surface area contributed by atoms with Gasteiger partial charge in [0.25, 0.3) is 0 Å². The van der Waals surface area contributed by atoms with Gasteiger partial charge in [-0.3, -0.25) is 36.9 Å². The van der Waals surface area contributed by atoms with Gasteiger partial charge in [-0.2, -0.15) is 16.8 Å². The molecule has 9 atom stereocenters. The third-order valence-corrected chi connectivity index (χ3v) is 7.05. The van der Waals surface area contributed by atoms with Crippen molar-refractivity contribution >= 4 is 91.7 Å². The van der Waals surface area contributed by atoms with Crippen LogP contribution >= 0.6 is 0 Å². The molecule has 0 spiro atoms. The summed E-state index contributed by atoms with van der Waals surface area (Å²) in [5, 5.41) is 55.9. The molecule has 2 aliphatic rings. The molecule has 0 saturated carbocycles. The van der Waals surface area contributed by atoms with E-state index in [9.17, 15) is 72.9 Å². The van der Waals surface area contributed by atoms with Gasteiger partial charge in [0.15, 0.2) is 80.8 Å². The average Bonchev–Trinajstić information content (AvgIpc) is 3.37. The summed E-state index contributed by atoms with van der Waals surface area (Å²) in [7, 11) is -23.4. The number of rotatable bonds is 21. The van der Waals surface area contributed by atoms with Crippen molar-refractivity contribution in [3.8, 4) is 0 Å². The lowest BCUT2D eigenvalue weighted by atomic mass is 9.98. The van der Waals surface area contributed by atoms with Crippen LogP contribution in [0.25, 0.3) is 0 Å². The first-order valence-corrected chi connectivity index (χ1v) is 18.2. The Hall–Kier alpha value is -1.04. The van der Waals surface area contributed by atoms with E-state index in [4.69, 9.17) is 31.0 Å². The van der Waals surface area contributed by atoms with E-state index in [1.165, 1.54) is 0 Å². The van der Waals surface area contributed by atoms with E-state index in [2.05, 4.69) is 107 Å². The molecule has 0 aliphatic carbocycles. The molecule has 2 aliphatic heterocycles. The van der Waals surface area contributed by atoms with Crippen molar-refractivity contribution in [1.29, 1.82) is 0 Å². The molecule has 0 radical (unpaired) electrons. The van der Waals surface area contributed by atoms with Crippen LogP contribution in [0.15, 0.2) is 0 Å². The minimum atomic E-state index is -6.03. The molecule has 3 unspecified atom stereocenters. The fraction of sp³-hybridized carbons (Fsp3) is 1.00. The average molecular weight is 975 g/mol. The Bertz CT molecular complexity index is 1480. The summed E-state index contributed by atoms with van der Waals surface area (Å²) in [6, 6.07) is 0. The molecular formula is C12H14O35S8-8. The molecule has 0 aromatic carbocycles. The zero-order valence-corrected chi connectivity index (χ0v) is 31.3. The van der Waals surface area contributed by atoms with Crippen LogP contribution in [-0.4, -0.2) is 143 Å². The van der Waals surface area contributed by atoms with Gasteiger partial charge in [-0.25, -0.2) is 53.2 Å². The quantitative estimate of drug-likeness (QED) is 0.0446. The molecule has 0 amide bonds. The highest BCUT2D eigenvalue weighted by Gasteiger charge is 2.63. The zero-order valence-electron chi connectivity index (χ0n) is 24.8. The van der Waals surface area contributed by atoms with Crippen LogP contribution in [0.5, 0.6) is 0 Å². The van der Waals surface area contributed by atoms with Crippen molar-refractivity contribution in [2.75, 3.05) is 19.8 Å². The molecule has 0 bridgehead atoms. The van der Waals surface area contributed by atoms with Crippen LogP contribution in [0.4, 0.5) is 0 Å². The summed E-state index contributed by atoms with van der Waals surface area (Å²) in [4.78, 5) is 16.8. The second-order valence-corrected chi connectivity index (χ2v) is 12.3. The number of ether oxygens (including phenoxy) is 3. The third-order valence-electron chi connectivity index (χ3n) is 5.34. The first-order valence-electron chi connectivity index (χ1n) is 11.5. The second kappa shape index (κ2) is 28.4. The lowest BCUT2D eigenvalue weighted by Gasteiger charge is -2.46. The van der Waals surface area contributed by atoms with Crippen LogP contribution in [0, 0.1) is 0 Å². The molecule has 55 heavy (non-hydrogen) atoms. The minimum absolute atomic E-state index is 1.58. The SMILES string of the molecule is O=S.O=S.O=S.O=S.O=S(=O)([O-])OCC1O[C@@H](O[C@]2(COS(=O)(=O)[O-])O[C@H](COS(=O)(=O)[O-])C(OS(=O)(=O)[O-])[C@H]2OO[O-])C(OO[O-])[C@@H](OO[O-])[C@@H]1OO[O-]. The molecule has 0 N–H and O–H groups in total. The zero-order chi connectivity index (χ0) is 43.8. The van der Waals surface area contributed by atoms with Gasteiger partial charge in [-0.05, 0) is 0 Å². The summed E-state index contributed by atoms with van der Waals surface area (Å²) < 4.78 is 197. The van der Waals surface area contributed by atoms with Gasteiger partial charge in [0.1, 0.15) is 24.9 Å². The van der Waals surface area contributed by atoms with Crippen LogP contribution in [0.2, 0.25) is 0 Å². The van der Waals surface area contributed by atoms with Crippen molar-refractivity contribution < 1.29 is 160 Å². The number of hydrogen-bond donors (Lipinski definition) is 0. The molecular weight excluding hydrogens is 961 g/mol. The van der Waals surface area contributed by atoms with E-state index >= 15 is 0 Å². The summed E-state index contributed by atoms with van der Waals surface area (Å²) in [6.45, 7) is -5.34. The lowest BCUT2D eigenvalue weighted by Crippen LogP contribution is -2.65. The Labute approximate surface area is 325 Å². The highest BCUT2D eigenvalue weighted by Crippen LogP contribution is 2.41. The van der Waals surface area contributed by atoms with Gasteiger partial charge in [0.05, 0.1) is 13.2 Å². The van der Waals surface area contributed by atoms with E-state index in [0.717, 1.165) is 0 Å². The summed E-state index contributed by atoms with van der Waals surface area (Å²) in [5.74, 6) is -3.62. The van der Waals surface area contributed by atoms with Crippen LogP contribution in [-0.2, 0) is 162 Å². The maximum Gasteiger partial charge on any atom is 0.229 e. The fourth-order valence-electron chi connectivity index (χ4n) is 3.85. The molecule has 328 valence electrons. The first-order chi connectivity index (χ1) is 25.6. The summed E-state index contributed by atoms with van der Waals surface area (Å²) in [6.07, 6.45) is -21.1. The van der Waals surface area contributed by atoms with Gasteiger partial charge in [-0.15, -0.1) is 0 Å². The topological polar surface area (TPSA) is 528 Å².